The van der Waals surface area contributed by atoms with Crippen LogP contribution in [0.3, 0.4) is 0 Å². The lowest BCUT2D eigenvalue weighted by molar-refractivity contribution is 0.0690. The van der Waals surface area contributed by atoms with Crippen LogP contribution >= 0.6 is 0 Å². The first-order valence-corrected chi connectivity index (χ1v) is 6.83. The quantitative estimate of drug-likeness (QED) is 0.768. The molecule has 10 heteroatoms. The second-order valence-electron chi connectivity index (χ2n) is 3.83. The van der Waals surface area contributed by atoms with Crippen molar-refractivity contribution in [2.75, 3.05) is 4.72 Å². The number of halogens is 1. The lowest BCUT2D eigenvalue weighted by Crippen LogP contribution is -2.13. The summed E-state index contributed by atoms with van der Waals surface area (Å²) in [6, 6.07) is 5.19. The van der Waals surface area contributed by atoms with Gasteiger partial charge in [0.25, 0.3) is 10.0 Å². The molecule has 0 aliphatic heterocycles. The molecule has 0 unspecified atom stereocenters. The van der Waals surface area contributed by atoms with Crippen LogP contribution in [-0.2, 0) is 10.0 Å². The highest BCUT2D eigenvalue weighted by Crippen LogP contribution is 2.18. The van der Waals surface area contributed by atoms with Gasteiger partial charge in [-0.3, -0.25) is 9.82 Å². The average Bonchev–Trinajstić information content (AvgIpc) is 2.87. The first-order valence-electron chi connectivity index (χ1n) is 5.34. The maximum atomic E-state index is 13.2. The van der Waals surface area contributed by atoms with Crippen LogP contribution in [0.2, 0.25) is 0 Å². The lowest BCUT2D eigenvalue weighted by atomic mass is 10.2. The molecule has 1 heterocycles. The molecule has 0 spiro atoms. The topological polar surface area (TPSA) is 136 Å². The van der Waals surface area contributed by atoms with Gasteiger partial charge in [0.1, 0.15) is 17.6 Å². The van der Waals surface area contributed by atoms with E-state index in [1.807, 2.05) is 4.72 Å². The molecule has 1 aromatic heterocycles. The molecule has 0 atom stereocenters. The van der Waals surface area contributed by atoms with Crippen molar-refractivity contribution in [3.63, 3.8) is 0 Å². The molecule has 0 fully saturated rings. The van der Waals surface area contributed by atoms with E-state index in [0.717, 1.165) is 24.3 Å². The third-order valence-corrected chi connectivity index (χ3v) is 3.77. The van der Waals surface area contributed by atoms with Gasteiger partial charge >= 0.3 is 5.97 Å². The number of benzene rings is 1. The highest BCUT2D eigenvalue weighted by molar-refractivity contribution is 7.92. The van der Waals surface area contributed by atoms with E-state index in [2.05, 4.69) is 10.2 Å². The largest absolute Gasteiger partial charge is 0.477 e. The minimum atomic E-state index is -4.12. The second-order valence-corrected chi connectivity index (χ2v) is 5.51. The van der Waals surface area contributed by atoms with Gasteiger partial charge in [-0.1, -0.05) is 0 Å². The van der Waals surface area contributed by atoms with Gasteiger partial charge in [0.05, 0.1) is 10.5 Å². The Bertz CT molecular complexity index is 853. The number of aromatic nitrogens is 2. The van der Waals surface area contributed by atoms with E-state index in [4.69, 9.17) is 10.4 Å². The van der Waals surface area contributed by atoms with Gasteiger partial charge in [0.15, 0.2) is 5.82 Å². The van der Waals surface area contributed by atoms with Gasteiger partial charge in [-0.25, -0.2) is 17.6 Å². The Labute approximate surface area is 117 Å². The third kappa shape index (κ3) is 2.98. The second kappa shape index (κ2) is 5.22. The molecule has 0 bridgehead atoms. The normalized spacial score (nSPS) is 10.9. The van der Waals surface area contributed by atoms with Crippen molar-refractivity contribution < 1.29 is 22.7 Å². The summed E-state index contributed by atoms with van der Waals surface area (Å²) in [5.41, 5.74) is -0.726. The van der Waals surface area contributed by atoms with E-state index in [9.17, 15) is 17.6 Å². The number of rotatable bonds is 4. The summed E-state index contributed by atoms with van der Waals surface area (Å²) in [5, 5.41) is 23.0. The summed E-state index contributed by atoms with van der Waals surface area (Å²) < 4.78 is 39.2. The standard InChI is InChI=1S/C11H7FN4O4S/c12-8-2-1-7(3-6(8)5-13)21(19,20)16-10-4-9(11(17)18)14-15-10/h1-4H,(H,17,18)(H2,14,15,16). The van der Waals surface area contributed by atoms with E-state index < -0.39 is 27.4 Å². The fourth-order valence-corrected chi connectivity index (χ4v) is 2.46. The lowest BCUT2D eigenvalue weighted by Gasteiger charge is -2.05. The Morgan fingerprint density at radius 1 is 1.43 bits per heavy atom. The number of nitrogens with zero attached hydrogens (tertiary/aromatic N) is 2. The third-order valence-electron chi connectivity index (χ3n) is 2.42. The maximum absolute atomic E-state index is 13.2. The predicted octanol–water partition coefficient (Wildman–Crippen LogP) is 0.919. The van der Waals surface area contributed by atoms with Crippen LogP contribution in [0.5, 0.6) is 0 Å². The Balaban J connectivity index is 2.34. The number of sulfonamides is 1. The molecule has 2 rings (SSSR count). The molecule has 0 radical (unpaired) electrons. The Morgan fingerprint density at radius 2 is 2.14 bits per heavy atom. The van der Waals surface area contributed by atoms with Gasteiger partial charge in [0.2, 0.25) is 0 Å². The van der Waals surface area contributed by atoms with Gasteiger partial charge < -0.3 is 5.11 Å². The highest BCUT2D eigenvalue weighted by atomic mass is 32.2. The fraction of sp³-hybridized carbons (Fsp3) is 0. The van der Waals surface area contributed by atoms with E-state index in [1.54, 1.807) is 0 Å². The molecule has 0 saturated carbocycles. The predicted molar refractivity (Wildman–Crippen MR) is 67.5 cm³/mol. The first kappa shape index (κ1) is 14.5. The van der Waals surface area contributed by atoms with Crippen LogP contribution < -0.4 is 4.72 Å². The van der Waals surface area contributed by atoms with Crippen molar-refractivity contribution >= 4 is 21.8 Å². The molecule has 1 aromatic carbocycles. The number of nitriles is 1. The monoisotopic (exact) mass is 310 g/mol. The van der Waals surface area contributed by atoms with E-state index in [1.165, 1.54) is 6.07 Å². The van der Waals surface area contributed by atoms with Gasteiger partial charge in [-0.2, -0.15) is 10.4 Å². The number of aromatic amines is 1. The summed E-state index contributed by atoms with van der Waals surface area (Å²) in [4.78, 5) is 10.3. The number of H-pyrrole nitrogens is 1. The summed E-state index contributed by atoms with van der Waals surface area (Å²) in [5.74, 6) is -2.39. The molecule has 0 amide bonds. The summed E-state index contributed by atoms with van der Waals surface area (Å²) in [6.07, 6.45) is 0. The van der Waals surface area contributed by atoms with Crippen LogP contribution in [0, 0.1) is 17.1 Å². The van der Waals surface area contributed by atoms with Crippen LogP contribution in [0.1, 0.15) is 16.1 Å². The highest BCUT2D eigenvalue weighted by Gasteiger charge is 2.18. The zero-order chi connectivity index (χ0) is 15.6. The number of anilines is 1. The van der Waals surface area contributed by atoms with Gasteiger partial charge in [0, 0.05) is 6.07 Å². The van der Waals surface area contributed by atoms with Gasteiger partial charge in [-0.15, -0.1) is 0 Å². The van der Waals surface area contributed by atoms with Crippen molar-refractivity contribution in [2.24, 2.45) is 0 Å². The van der Waals surface area contributed by atoms with Crippen molar-refractivity contribution in [3.05, 3.63) is 41.3 Å². The average molecular weight is 310 g/mol. The minimum Gasteiger partial charge on any atom is -0.477 e. The molecule has 0 aliphatic rings. The van der Waals surface area contributed by atoms with Crippen molar-refractivity contribution in [2.45, 2.75) is 4.90 Å². The molecule has 21 heavy (non-hydrogen) atoms. The Kier molecular flexibility index (Phi) is 3.60. The smallest absolute Gasteiger partial charge is 0.353 e. The van der Waals surface area contributed by atoms with Crippen molar-refractivity contribution in [1.82, 2.24) is 10.2 Å². The number of hydrogen-bond acceptors (Lipinski definition) is 5. The SMILES string of the molecule is N#Cc1cc(S(=O)(=O)Nc2cc(C(=O)O)[nH]n2)ccc1F. The maximum Gasteiger partial charge on any atom is 0.353 e. The van der Waals surface area contributed by atoms with Crippen LogP contribution in [0.4, 0.5) is 10.2 Å². The molecular formula is C11H7FN4O4S. The number of carboxylic acid groups (broad SMARTS) is 1. The zero-order valence-electron chi connectivity index (χ0n) is 10.2. The Hall–Kier alpha value is -2.93. The van der Waals surface area contributed by atoms with E-state index >= 15 is 0 Å². The van der Waals surface area contributed by atoms with E-state index in [-0.39, 0.29) is 16.4 Å². The number of aromatic carboxylic acids is 1. The molecule has 108 valence electrons. The Morgan fingerprint density at radius 3 is 2.71 bits per heavy atom. The van der Waals surface area contributed by atoms with Crippen LogP contribution in [0.15, 0.2) is 29.2 Å². The zero-order valence-corrected chi connectivity index (χ0v) is 11.0. The molecule has 0 saturated heterocycles. The number of carbonyl (C=O) groups is 1. The molecule has 0 aliphatic carbocycles. The van der Waals surface area contributed by atoms with Crippen molar-refractivity contribution in [1.29, 1.82) is 5.26 Å². The summed E-state index contributed by atoms with van der Waals surface area (Å²) in [6.45, 7) is 0. The number of carboxylic acids is 1. The molecular weight excluding hydrogens is 303 g/mol. The van der Waals surface area contributed by atoms with Gasteiger partial charge in [-0.05, 0) is 18.2 Å². The van der Waals surface area contributed by atoms with Crippen LogP contribution in [0.25, 0.3) is 0 Å². The first-order chi connectivity index (χ1) is 9.83. The summed E-state index contributed by atoms with van der Waals surface area (Å²) >= 11 is 0. The van der Waals surface area contributed by atoms with E-state index in [0.29, 0.717) is 0 Å². The number of hydrogen-bond donors (Lipinski definition) is 3. The van der Waals surface area contributed by atoms with Crippen molar-refractivity contribution in [3.8, 4) is 6.07 Å². The summed E-state index contributed by atoms with van der Waals surface area (Å²) in [7, 11) is -4.12. The molecule has 8 nitrogen and oxygen atoms in total. The fourth-order valence-electron chi connectivity index (χ4n) is 1.44. The molecule has 2 aromatic rings. The minimum absolute atomic E-state index is 0.241. The number of nitrogens with one attached hydrogen (secondary N) is 2. The molecule has 3 N–H and O–H groups in total. The van der Waals surface area contributed by atoms with Crippen LogP contribution in [-0.4, -0.2) is 29.7 Å².